The topological polar surface area (TPSA) is 79.2 Å². The highest BCUT2D eigenvalue weighted by atomic mass is 28.5. The second kappa shape index (κ2) is 4.47. The van der Waals surface area contributed by atoms with Crippen LogP contribution in [0.2, 0.25) is 19.6 Å². The van der Waals surface area contributed by atoms with Gasteiger partial charge in [-0.15, -0.1) is 0 Å². The Labute approximate surface area is 70.3 Å². The first-order valence-electron chi connectivity index (χ1n) is 3.27. The second-order valence-electron chi connectivity index (χ2n) is 2.51. The number of hydrogen-bond acceptors (Lipinski definition) is 5. The van der Waals surface area contributed by atoms with Crippen LogP contribution in [0.15, 0.2) is 0 Å². The normalized spacial score (nSPS) is 17.5. The van der Waals surface area contributed by atoms with Gasteiger partial charge >= 0.3 is 18.3 Å². The van der Waals surface area contributed by atoms with Crippen molar-refractivity contribution in [2.24, 2.45) is 0 Å². The van der Waals surface area contributed by atoms with Gasteiger partial charge in [0, 0.05) is 6.55 Å². The smallest absolute Gasteiger partial charge is 0.419 e. The molecule has 1 atom stereocenters. The van der Waals surface area contributed by atoms with Crippen LogP contribution in [0.3, 0.4) is 0 Å². The van der Waals surface area contributed by atoms with Crippen molar-refractivity contribution in [2.75, 3.05) is 0 Å². The van der Waals surface area contributed by atoms with Crippen LogP contribution in [0.25, 0.3) is 0 Å². The molecule has 0 amide bonds. The summed E-state index contributed by atoms with van der Waals surface area (Å²) in [5.74, 6) is 0. The fourth-order valence-corrected chi connectivity index (χ4v) is 6.45. The molecule has 0 unspecified atom stereocenters. The van der Waals surface area contributed by atoms with E-state index in [0.717, 1.165) is 0 Å². The summed E-state index contributed by atoms with van der Waals surface area (Å²) >= 11 is 0. The van der Waals surface area contributed by atoms with Crippen LogP contribution < -0.4 is 0 Å². The van der Waals surface area contributed by atoms with Crippen LogP contribution in [0, 0.1) is 0 Å². The number of rotatable bonds is 4. The summed E-state index contributed by atoms with van der Waals surface area (Å²) in [7, 11) is -7.72. The lowest BCUT2D eigenvalue weighted by Crippen LogP contribution is -2.47. The molecule has 3 N–H and O–H groups in total. The first-order valence-corrected chi connectivity index (χ1v) is 9.82. The molecule has 0 saturated heterocycles. The lowest BCUT2D eigenvalue weighted by atomic mass is 11.9. The van der Waals surface area contributed by atoms with Crippen LogP contribution in [0.4, 0.5) is 0 Å². The van der Waals surface area contributed by atoms with E-state index in [1.807, 2.05) is 13.1 Å². The summed E-state index contributed by atoms with van der Waals surface area (Å²) in [6.45, 7) is 5.12. The maximum atomic E-state index is 9.30. The van der Waals surface area contributed by atoms with Crippen molar-refractivity contribution in [3.63, 3.8) is 0 Å². The van der Waals surface area contributed by atoms with Gasteiger partial charge in [-0.1, -0.05) is 0 Å². The summed E-state index contributed by atoms with van der Waals surface area (Å²) in [4.78, 5) is 26.3. The van der Waals surface area contributed by atoms with E-state index in [1.165, 1.54) is 6.55 Å². The predicted octanol–water partition coefficient (Wildman–Crippen LogP) is -1.73. The Bertz CT molecular complexity index is 104. The molecule has 68 valence electrons. The molecule has 0 aromatic rings. The molecular formula is C3H14O5Si3. The van der Waals surface area contributed by atoms with Crippen molar-refractivity contribution in [1.82, 2.24) is 0 Å². The molecule has 0 rings (SSSR count). The fraction of sp³-hybridized carbons (Fsp3) is 1.00. The highest BCUT2D eigenvalue weighted by Gasteiger charge is 2.33. The first-order chi connectivity index (χ1) is 4.83. The molecule has 0 aliphatic heterocycles. The lowest BCUT2D eigenvalue weighted by molar-refractivity contribution is 0.196. The second-order valence-corrected chi connectivity index (χ2v) is 8.94. The van der Waals surface area contributed by atoms with E-state index in [0.29, 0.717) is 0 Å². The van der Waals surface area contributed by atoms with Crippen molar-refractivity contribution in [2.45, 2.75) is 19.6 Å². The van der Waals surface area contributed by atoms with Gasteiger partial charge in [0.1, 0.15) is 0 Å². The molecule has 0 aliphatic carbocycles. The van der Waals surface area contributed by atoms with Crippen molar-refractivity contribution < 1.29 is 22.6 Å². The Morgan fingerprint density at radius 3 is 1.91 bits per heavy atom. The molecule has 5 nitrogen and oxygen atoms in total. The standard InChI is InChI=1S/C3H14O5Si3/c1-9(2)7-11(3,6)8-10(4)5/h4-6,9-10H,1-3H3/t11-/m0/s1. The van der Waals surface area contributed by atoms with Crippen LogP contribution in [0.1, 0.15) is 0 Å². The van der Waals surface area contributed by atoms with E-state index in [2.05, 4.69) is 4.12 Å². The van der Waals surface area contributed by atoms with E-state index < -0.39 is 27.4 Å². The molecule has 0 fully saturated rings. The van der Waals surface area contributed by atoms with Crippen molar-refractivity contribution in [3.8, 4) is 0 Å². The quantitative estimate of drug-likeness (QED) is 0.485. The third-order valence-corrected chi connectivity index (χ3v) is 7.01. The van der Waals surface area contributed by atoms with E-state index >= 15 is 0 Å². The minimum atomic E-state index is -3.21. The molecule has 0 saturated carbocycles. The maximum absolute atomic E-state index is 9.30. The van der Waals surface area contributed by atoms with Crippen LogP contribution >= 0.6 is 0 Å². The largest absolute Gasteiger partial charge is 0.476 e. The average molecular weight is 214 g/mol. The van der Waals surface area contributed by atoms with Crippen LogP contribution in [-0.2, 0) is 8.23 Å². The van der Waals surface area contributed by atoms with E-state index in [1.54, 1.807) is 0 Å². The Morgan fingerprint density at radius 2 is 1.64 bits per heavy atom. The first kappa shape index (κ1) is 11.5. The molecule has 0 radical (unpaired) electrons. The molecule has 0 aliphatic rings. The van der Waals surface area contributed by atoms with Crippen LogP contribution in [-0.4, -0.2) is 41.8 Å². The van der Waals surface area contributed by atoms with Gasteiger partial charge in [0.15, 0.2) is 9.04 Å². The maximum Gasteiger partial charge on any atom is 0.476 e. The summed E-state index contributed by atoms with van der Waals surface area (Å²) in [6, 6.07) is 0. The Hall–Kier alpha value is 0.451. The van der Waals surface area contributed by atoms with Gasteiger partial charge in [-0.05, 0) is 13.1 Å². The molecule has 0 spiro atoms. The Balaban J connectivity index is 3.79. The minimum absolute atomic E-state index is 1.37. The van der Waals surface area contributed by atoms with Crippen LogP contribution in [0.5, 0.6) is 0 Å². The third kappa shape index (κ3) is 6.83. The van der Waals surface area contributed by atoms with Crippen molar-refractivity contribution in [1.29, 1.82) is 0 Å². The molecule has 11 heavy (non-hydrogen) atoms. The zero-order valence-electron chi connectivity index (χ0n) is 6.81. The highest BCUT2D eigenvalue weighted by Crippen LogP contribution is 2.04. The van der Waals surface area contributed by atoms with Crippen molar-refractivity contribution >= 4 is 27.4 Å². The molecule has 8 heteroatoms. The van der Waals surface area contributed by atoms with Gasteiger partial charge in [0.2, 0.25) is 0 Å². The molecule has 0 bridgehead atoms. The van der Waals surface area contributed by atoms with E-state index in [-0.39, 0.29) is 0 Å². The zero-order valence-corrected chi connectivity index (χ0v) is 10.1. The van der Waals surface area contributed by atoms with Gasteiger partial charge in [-0.25, -0.2) is 0 Å². The zero-order chi connectivity index (χ0) is 9.07. The summed E-state index contributed by atoms with van der Waals surface area (Å²) < 4.78 is 9.58. The SMILES string of the molecule is C[SiH](C)O[Si@](C)(O)O[SiH](O)O. The van der Waals surface area contributed by atoms with Gasteiger partial charge in [0.05, 0.1) is 0 Å². The Kier molecular flexibility index (Phi) is 4.65. The minimum Gasteiger partial charge on any atom is -0.419 e. The number of hydrogen-bond donors (Lipinski definition) is 3. The monoisotopic (exact) mass is 214 g/mol. The highest BCUT2D eigenvalue weighted by molar-refractivity contribution is 6.72. The van der Waals surface area contributed by atoms with Gasteiger partial charge in [0.25, 0.3) is 0 Å². The Morgan fingerprint density at radius 1 is 1.18 bits per heavy atom. The van der Waals surface area contributed by atoms with E-state index in [4.69, 9.17) is 13.7 Å². The van der Waals surface area contributed by atoms with Gasteiger partial charge in [-0.2, -0.15) is 0 Å². The van der Waals surface area contributed by atoms with Crippen molar-refractivity contribution in [3.05, 3.63) is 0 Å². The molecule has 0 heterocycles. The lowest BCUT2D eigenvalue weighted by Gasteiger charge is -2.22. The van der Waals surface area contributed by atoms with Gasteiger partial charge < -0.3 is 22.6 Å². The third-order valence-electron chi connectivity index (χ3n) is 0.778. The molecule has 0 aromatic carbocycles. The van der Waals surface area contributed by atoms with E-state index in [9.17, 15) is 4.80 Å². The summed E-state index contributed by atoms with van der Waals surface area (Å²) in [6.07, 6.45) is 0. The summed E-state index contributed by atoms with van der Waals surface area (Å²) in [5.41, 5.74) is 0. The van der Waals surface area contributed by atoms with Gasteiger partial charge in [-0.3, -0.25) is 0 Å². The molecule has 0 aromatic heterocycles. The average Bonchev–Trinajstić information content (AvgIpc) is 1.53. The molecular weight excluding hydrogens is 200 g/mol. The summed E-state index contributed by atoms with van der Waals surface area (Å²) in [5, 5.41) is 0. The fourth-order valence-electron chi connectivity index (χ4n) is 0.661. The predicted molar refractivity (Wildman–Crippen MR) is 46.5 cm³/mol.